The van der Waals surface area contributed by atoms with Gasteiger partial charge in [0, 0.05) is 26.6 Å². The summed E-state index contributed by atoms with van der Waals surface area (Å²) in [6.45, 7) is 4.59. The summed E-state index contributed by atoms with van der Waals surface area (Å²) < 4.78 is 0. The first kappa shape index (κ1) is 15.9. The fourth-order valence-electron chi connectivity index (χ4n) is 1.56. The van der Waals surface area contributed by atoms with Crippen molar-refractivity contribution in [3.63, 3.8) is 0 Å². The van der Waals surface area contributed by atoms with Gasteiger partial charge in [-0.1, -0.05) is 19.8 Å². The molecular formula is C13H25N3O. The van der Waals surface area contributed by atoms with Gasteiger partial charge in [-0.3, -0.25) is 4.79 Å². The van der Waals surface area contributed by atoms with E-state index in [1.54, 1.807) is 11.9 Å². The number of rotatable bonds is 9. The average Bonchev–Trinajstić information content (AvgIpc) is 2.33. The first-order valence-electron chi connectivity index (χ1n) is 6.41. The van der Waals surface area contributed by atoms with Crippen molar-refractivity contribution in [2.24, 2.45) is 0 Å². The summed E-state index contributed by atoms with van der Waals surface area (Å²) >= 11 is 0. The van der Waals surface area contributed by atoms with Crippen LogP contribution in [0.1, 0.15) is 39.0 Å². The second kappa shape index (κ2) is 10.1. The molecule has 0 aliphatic heterocycles. The summed E-state index contributed by atoms with van der Waals surface area (Å²) in [6, 6.07) is 2.05. The van der Waals surface area contributed by atoms with Crippen LogP contribution in [0.3, 0.4) is 0 Å². The van der Waals surface area contributed by atoms with Crippen molar-refractivity contribution in [3.8, 4) is 6.07 Å². The Balaban J connectivity index is 3.64. The predicted octanol–water partition coefficient (Wildman–Crippen LogP) is 1.87. The molecule has 17 heavy (non-hydrogen) atoms. The van der Waals surface area contributed by atoms with E-state index in [0.717, 1.165) is 13.1 Å². The maximum absolute atomic E-state index is 11.7. The van der Waals surface area contributed by atoms with Crippen LogP contribution in [0.2, 0.25) is 0 Å². The van der Waals surface area contributed by atoms with Crippen LogP contribution in [0.5, 0.6) is 0 Å². The lowest BCUT2D eigenvalue weighted by Crippen LogP contribution is -2.31. The third-order valence-corrected chi connectivity index (χ3v) is 2.84. The zero-order valence-corrected chi connectivity index (χ0v) is 11.4. The fraction of sp³-hybridized carbons (Fsp3) is 0.846. The minimum atomic E-state index is 0.127. The smallest absolute Gasteiger partial charge is 0.223 e. The van der Waals surface area contributed by atoms with Gasteiger partial charge in [0.25, 0.3) is 0 Å². The Bertz CT molecular complexity index is 248. The molecular weight excluding hydrogens is 214 g/mol. The summed E-state index contributed by atoms with van der Waals surface area (Å²) in [7, 11) is 3.81. The van der Waals surface area contributed by atoms with Crippen LogP contribution in [-0.4, -0.2) is 49.4 Å². The third kappa shape index (κ3) is 8.70. The number of amides is 1. The summed E-state index contributed by atoms with van der Waals surface area (Å²) in [5.74, 6) is 0.127. The van der Waals surface area contributed by atoms with Gasteiger partial charge in [-0.15, -0.1) is 0 Å². The number of carbonyl (C=O) groups excluding carboxylic acids is 1. The van der Waals surface area contributed by atoms with E-state index in [1.165, 1.54) is 19.3 Å². The highest BCUT2D eigenvalue weighted by Crippen LogP contribution is 1.99. The number of hydrogen-bond acceptors (Lipinski definition) is 3. The predicted molar refractivity (Wildman–Crippen MR) is 69.5 cm³/mol. The minimum absolute atomic E-state index is 0.127. The molecule has 0 radical (unpaired) electrons. The highest BCUT2D eigenvalue weighted by molar-refractivity contribution is 5.76. The lowest BCUT2D eigenvalue weighted by Gasteiger charge is -2.19. The van der Waals surface area contributed by atoms with Crippen molar-refractivity contribution in [1.82, 2.24) is 9.80 Å². The average molecular weight is 239 g/mol. The van der Waals surface area contributed by atoms with Crippen LogP contribution < -0.4 is 0 Å². The molecule has 0 aliphatic carbocycles. The van der Waals surface area contributed by atoms with Crippen LogP contribution >= 0.6 is 0 Å². The molecule has 4 nitrogen and oxygen atoms in total. The number of hydrogen-bond donors (Lipinski definition) is 0. The number of carbonyl (C=O) groups is 1. The Morgan fingerprint density at radius 1 is 1.18 bits per heavy atom. The van der Waals surface area contributed by atoms with Crippen molar-refractivity contribution in [2.75, 3.05) is 33.7 Å². The molecule has 0 aromatic rings. The highest BCUT2D eigenvalue weighted by Gasteiger charge is 2.09. The van der Waals surface area contributed by atoms with Gasteiger partial charge in [0.05, 0.1) is 12.5 Å². The second-order valence-electron chi connectivity index (χ2n) is 4.48. The number of nitriles is 1. The molecule has 0 aliphatic rings. The second-order valence-corrected chi connectivity index (χ2v) is 4.48. The molecule has 0 aromatic carbocycles. The van der Waals surface area contributed by atoms with Gasteiger partial charge in [-0.2, -0.15) is 5.26 Å². The third-order valence-electron chi connectivity index (χ3n) is 2.84. The van der Waals surface area contributed by atoms with Gasteiger partial charge in [-0.05, 0) is 20.0 Å². The maximum atomic E-state index is 11.7. The molecule has 0 bridgehead atoms. The molecule has 0 saturated carbocycles. The van der Waals surface area contributed by atoms with Crippen molar-refractivity contribution < 1.29 is 4.79 Å². The Morgan fingerprint density at radius 2 is 1.88 bits per heavy atom. The van der Waals surface area contributed by atoms with E-state index in [4.69, 9.17) is 5.26 Å². The fourth-order valence-corrected chi connectivity index (χ4v) is 1.56. The lowest BCUT2D eigenvalue weighted by molar-refractivity contribution is -0.130. The number of unbranched alkanes of at least 4 members (excludes halogenated alkanes) is 2. The van der Waals surface area contributed by atoms with E-state index >= 15 is 0 Å². The van der Waals surface area contributed by atoms with Crippen LogP contribution in [0.25, 0.3) is 0 Å². The highest BCUT2D eigenvalue weighted by atomic mass is 16.2. The molecule has 0 rings (SSSR count). The first-order valence-corrected chi connectivity index (χ1v) is 6.41. The molecule has 0 atom stereocenters. The van der Waals surface area contributed by atoms with Gasteiger partial charge in [-0.25, -0.2) is 0 Å². The molecule has 0 N–H and O–H groups in total. The van der Waals surface area contributed by atoms with Gasteiger partial charge in [0.2, 0.25) is 5.91 Å². The monoisotopic (exact) mass is 239 g/mol. The van der Waals surface area contributed by atoms with Gasteiger partial charge in [0.1, 0.15) is 0 Å². The van der Waals surface area contributed by atoms with E-state index in [0.29, 0.717) is 19.4 Å². The summed E-state index contributed by atoms with van der Waals surface area (Å²) in [5, 5.41) is 8.44. The van der Waals surface area contributed by atoms with E-state index in [2.05, 4.69) is 18.9 Å². The quantitative estimate of drug-likeness (QED) is 0.577. The largest absolute Gasteiger partial charge is 0.345 e. The normalized spacial score (nSPS) is 10.3. The SMILES string of the molecule is CCCCCN(C)CCC(=O)N(C)CCC#N. The van der Waals surface area contributed by atoms with Crippen molar-refractivity contribution in [2.45, 2.75) is 39.0 Å². The molecule has 0 unspecified atom stereocenters. The molecule has 0 saturated heterocycles. The summed E-state index contributed by atoms with van der Waals surface area (Å²) in [5.41, 5.74) is 0. The van der Waals surface area contributed by atoms with Crippen molar-refractivity contribution in [3.05, 3.63) is 0 Å². The van der Waals surface area contributed by atoms with Crippen LogP contribution in [-0.2, 0) is 4.79 Å². The van der Waals surface area contributed by atoms with Crippen LogP contribution in [0.4, 0.5) is 0 Å². The maximum Gasteiger partial charge on any atom is 0.223 e. The zero-order valence-electron chi connectivity index (χ0n) is 11.4. The zero-order chi connectivity index (χ0) is 13.1. The number of nitrogens with zero attached hydrogens (tertiary/aromatic N) is 3. The van der Waals surface area contributed by atoms with E-state index in [-0.39, 0.29) is 5.91 Å². The van der Waals surface area contributed by atoms with Crippen molar-refractivity contribution in [1.29, 1.82) is 5.26 Å². The molecule has 98 valence electrons. The van der Waals surface area contributed by atoms with Crippen molar-refractivity contribution >= 4 is 5.91 Å². The molecule has 0 heterocycles. The van der Waals surface area contributed by atoms with Gasteiger partial charge in [0.15, 0.2) is 0 Å². The molecule has 0 aromatic heterocycles. The molecule has 4 heteroatoms. The van der Waals surface area contributed by atoms with E-state index in [9.17, 15) is 4.79 Å². The Kier molecular flexibility index (Phi) is 9.46. The topological polar surface area (TPSA) is 47.3 Å². The standard InChI is InChI=1S/C13H25N3O/c1-4-5-6-10-15(2)12-8-13(17)16(3)11-7-9-14/h4-8,10-12H2,1-3H3. The summed E-state index contributed by atoms with van der Waals surface area (Å²) in [6.07, 6.45) is 4.63. The first-order chi connectivity index (χ1) is 8.11. The Morgan fingerprint density at radius 3 is 2.47 bits per heavy atom. The van der Waals surface area contributed by atoms with E-state index in [1.807, 2.05) is 6.07 Å². The van der Waals surface area contributed by atoms with Gasteiger partial charge < -0.3 is 9.80 Å². The molecule has 1 amide bonds. The molecule has 0 spiro atoms. The Labute approximate surface area is 105 Å². The lowest BCUT2D eigenvalue weighted by atomic mass is 10.2. The van der Waals surface area contributed by atoms with Crippen LogP contribution in [0.15, 0.2) is 0 Å². The summed E-state index contributed by atoms with van der Waals surface area (Å²) in [4.78, 5) is 15.5. The minimum Gasteiger partial charge on any atom is -0.345 e. The van der Waals surface area contributed by atoms with Gasteiger partial charge >= 0.3 is 0 Å². The Hall–Kier alpha value is -1.08. The van der Waals surface area contributed by atoms with E-state index < -0.39 is 0 Å². The molecule has 0 fully saturated rings. The van der Waals surface area contributed by atoms with Crippen LogP contribution in [0, 0.1) is 11.3 Å².